The molecule has 1 N–H and O–H groups in total. The summed E-state index contributed by atoms with van der Waals surface area (Å²) >= 11 is 1.39. The first-order valence-electron chi connectivity index (χ1n) is 9.00. The Morgan fingerprint density at radius 3 is 2.52 bits per heavy atom. The van der Waals surface area contributed by atoms with Crippen LogP contribution in [0, 0.1) is 6.92 Å². The average Bonchev–Trinajstić information content (AvgIpc) is 3.36. The molecule has 0 unspecified atom stereocenters. The summed E-state index contributed by atoms with van der Waals surface area (Å²) in [6.45, 7) is 2.03. The summed E-state index contributed by atoms with van der Waals surface area (Å²) in [5.74, 6) is -1.46. The van der Waals surface area contributed by atoms with Gasteiger partial charge >= 0.3 is 17.8 Å². The van der Waals surface area contributed by atoms with Gasteiger partial charge in [0.05, 0.1) is 12.2 Å². The van der Waals surface area contributed by atoms with Crippen LogP contribution in [-0.2, 0) is 16.1 Å². The van der Waals surface area contributed by atoms with Crippen LogP contribution in [0.5, 0.6) is 0 Å². The average molecular weight is 384 g/mol. The molecule has 4 rings (SSSR count). The van der Waals surface area contributed by atoms with Crippen LogP contribution in [0.15, 0.2) is 29.6 Å². The molecule has 2 aliphatic rings. The molecule has 2 aromatic rings. The van der Waals surface area contributed by atoms with E-state index in [-0.39, 0.29) is 12.6 Å². The molecule has 2 heterocycles. The normalized spacial score (nSPS) is 18.0. The van der Waals surface area contributed by atoms with Crippen LogP contribution in [0.4, 0.5) is 15.6 Å². The number of rotatable bonds is 5. The molecule has 0 spiro atoms. The van der Waals surface area contributed by atoms with Gasteiger partial charge < -0.3 is 5.32 Å². The zero-order valence-electron chi connectivity index (χ0n) is 15.0. The molecule has 1 aromatic heterocycles. The molecule has 2 fully saturated rings. The Hall–Kier alpha value is -2.74. The Balaban J connectivity index is 1.45. The van der Waals surface area contributed by atoms with Crippen molar-refractivity contribution in [1.29, 1.82) is 0 Å². The number of urea groups is 1. The molecule has 1 aromatic carbocycles. The number of aromatic nitrogens is 1. The monoisotopic (exact) mass is 384 g/mol. The van der Waals surface area contributed by atoms with Crippen molar-refractivity contribution in [3.05, 3.63) is 40.9 Å². The van der Waals surface area contributed by atoms with Crippen LogP contribution in [0.2, 0.25) is 0 Å². The number of nitrogens with zero attached hydrogens (tertiary/aromatic N) is 3. The van der Waals surface area contributed by atoms with E-state index in [2.05, 4.69) is 10.3 Å². The van der Waals surface area contributed by atoms with Crippen molar-refractivity contribution in [3.8, 4) is 0 Å². The molecule has 1 aliphatic carbocycles. The summed E-state index contributed by atoms with van der Waals surface area (Å²) in [6, 6.07) is 7.26. The zero-order valence-corrected chi connectivity index (χ0v) is 15.8. The maximum absolute atomic E-state index is 12.6. The van der Waals surface area contributed by atoms with Gasteiger partial charge in [-0.2, -0.15) is 0 Å². The summed E-state index contributed by atoms with van der Waals surface area (Å²) in [5.41, 5.74) is 2.66. The first kappa shape index (κ1) is 17.7. The summed E-state index contributed by atoms with van der Waals surface area (Å²) in [4.78, 5) is 43.8. The topological polar surface area (TPSA) is 82.6 Å². The molecule has 7 nitrogen and oxygen atoms in total. The smallest absolute Gasteiger partial charge is 0.332 e. The second-order valence-electron chi connectivity index (χ2n) is 6.92. The molecule has 4 amide bonds. The lowest BCUT2D eigenvalue weighted by Gasteiger charge is -2.20. The van der Waals surface area contributed by atoms with Gasteiger partial charge in [0.2, 0.25) is 0 Å². The largest absolute Gasteiger partial charge is 0.334 e. The molecule has 0 radical (unpaired) electrons. The minimum absolute atomic E-state index is 0.0126. The van der Waals surface area contributed by atoms with Gasteiger partial charge in [0.1, 0.15) is 0 Å². The van der Waals surface area contributed by atoms with Crippen molar-refractivity contribution in [2.45, 2.75) is 45.2 Å². The predicted molar refractivity (Wildman–Crippen MR) is 102 cm³/mol. The van der Waals surface area contributed by atoms with E-state index in [0.717, 1.165) is 41.2 Å². The number of nitrogens with one attached hydrogen (secondary N) is 1. The van der Waals surface area contributed by atoms with Crippen molar-refractivity contribution in [3.63, 3.8) is 0 Å². The number of amides is 4. The Kier molecular flexibility index (Phi) is 4.65. The molecule has 1 aliphatic heterocycles. The van der Waals surface area contributed by atoms with Gasteiger partial charge in [-0.15, -0.1) is 11.3 Å². The Morgan fingerprint density at radius 1 is 1.11 bits per heavy atom. The highest BCUT2D eigenvalue weighted by atomic mass is 32.1. The molecular formula is C19H20N4O3S. The van der Waals surface area contributed by atoms with Crippen LogP contribution in [0.25, 0.3) is 0 Å². The fraction of sp³-hybridized carbons (Fsp3) is 0.368. The van der Waals surface area contributed by atoms with Crippen LogP contribution in [0.3, 0.4) is 0 Å². The van der Waals surface area contributed by atoms with Crippen molar-refractivity contribution in [2.24, 2.45) is 0 Å². The number of benzene rings is 1. The minimum atomic E-state index is -0.757. The van der Waals surface area contributed by atoms with Gasteiger partial charge in [0, 0.05) is 17.1 Å². The van der Waals surface area contributed by atoms with E-state index >= 15 is 0 Å². The summed E-state index contributed by atoms with van der Waals surface area (Å²) in [6.07, 6.45) is 3.52. The molecule has 1 saturated heterocycles. The number of imide groups is 2. The Labute approximate surface area is 161 Å². The number of carbonyl (C=O) groups is 3. The number of hydrogen-bond donors (Lipinski definition) is 1. The number of carbonyl (C=O) groups excluding carboxylic acids is 3. The number of hydrogen-bond acceptors (Lipinski definition) is 6. The summed E-state index contributed by atoms with van der Waals surface area (Å²) in [5, 5.41) is 5.67. The van der Waals surface area contributed by atoms with Crippen LogP contribution >= 0.6 is 11.3 Å². The van der Waals surface area contributed by atoms with E-state index in [1.54, 1.807) is 5.38 Å². The lowest BCUT2D eigenvalue weighted by Crippen LogP contribution is -2.39. The highest BCUT2D eigenvalue weighted by molar-refractivity contribution is 7.13. The third-order valence-corrected chi connectivity index (χ3v) is 5.75. The fourth-order valence-corrected chi connectivity index (χ4v) is 4.23. The fourth-order valence-electron chi connectivity index (χ4n) is 3.51. The Morgan fingerprint density at radius 2 is 1.81 bits per heavy atom. The van der Waals surface area contributed by atoms with E-state index in [4.69, 9.17) is 0 Å². The van der Waals surface area contributed by atoms with Crippen molar-refractivity contribution < 1.29 is 14.4 Å². The quantitative estimate of drug-likeness (QED) is 0.631. The van der Waals surface area contributed by atoms with E-state index in [0.29, 0.717) is 10.8 Å². The van der Waals surface area contributed by atoms with Crippen molar-refractivity contribution in [2.75, 3.05) is 5.32 Å². The summed E-state index contributed by atoms with van der Waals surface area (Å²) < 4.78 is 0. The molecule has 0 bridgehead atoms. The SMILES string of the molecule is Cc1ccc(Nc2nc(CN3C(=O)C(=O)N(C4CCCC4)C3=O)cs2)cc1. The Bertz CT molecular complexity index is 887. The third-order valence-electron chi connectivity index (χ3n) is 4.95. The van der Waals surface area contributed by atoms with Gasteiger partial charge in [-0.05, 0) is 31.9 Å². The lowest BCUT2D eigenvalue weighted by atomic mass is 10.2. The molecule has 27 heavy (non-hydrogen) atoms. The highest BCUT2D eigenvalue weighted by Crippen LogP contribution is 2.29. The maximum atomic E-state index is 12.6. The molecule has 140 valence electrons. The van der Waals surface area contributed by atoms with Gasteiger partial charge in [0.15, 0.2) is 5.13 Å². The predicted octanol–water partition coefficient (Wildman–Crippen LogP) is 3.43. The standard InChI is InChI=1S/C19H20N4O3S/c1-12-6-8-13(9-7-12)20-18-21-14(11-27-18)10-22-16(24)17(25)23(19(22)26)15-4-2-3-5-15/h6-9,11,15H,2-5,10H2,1H3,(H,20,21). The van der Waals surface area contributed by atoms with E-state index in [1.165, 1.54) is 16.9 Å². The second-order valence-corrected chi connectivity index (χ2v) is 7.78. The second kappa shape index (κ2) is 7.11. The highest BCUT2D eigenvalue weighted by Gasteiger charge is 2.48. The molecule has 8 heteroatoms. The van der Waals surface area contributed by atoms with Crippen LogP contribution in [0.1, 0.15) is 36.9 Å². The van der Waals surface area contributed by atoms with Crippen molar-refractivity contribution >= 4 is 40.0 Å². The lowest BCUT2D eigenvalue weighted by molar-refractivity contribution is -0.144. The minimum Gasteiger partial charge on any atom is -0.332 e. The first-order chi connectivity index (χ1) is 13.0. The van der Waals surface area contributed by atoms with Crippen molar-refractivity contribution in [1.82, 2.24) is 14.8 Å². The van der Waals surface area contributed by atoms with Gasteiger partial charge in [-0.25, -0.2) is 14.7 Å². The number of aryl methyl sites for hydroxylation is 1. The van der Waals surface area contributed by atoms with Gasteiger partial charge in [-0.1, -0.05) is 30.5 Å². The third kappa shape index (κ3) is 3.44. The van der Waals surface area contributed by atoms with Crippen LogP contribution in [-0.4, -0.2) is 38.7 Å². The summed E-state index contributed by atoms with van der Waals surface area (Å²) in [7, 11) is 0. The zero-order chi connectivity index (χ0) is 19.0. The van der Waals surface area contributed by atoms with Gasteiger partial charge in [0.25, 0.3) is 0 Å². The molecular weight excluding hydrogens is 364 g/mol. The molecule has 1 saturated carbocycles. The van der Waals surface area contributed by atoms with Gasteiger partial charge in [-0.3, -0.25) is 14.5 Å². The van der Waals surface area contributed by atoms with Crippen LogP contribution < -0.4 is 5.32 Å². The van der Waals surface area contributed by atoms with E-state index < -0.39 is 17.8 Å². The first-order valence-corrected chi connectivity index (χ1v) is 9.88. The number of thiazole rings is 1. The number of anilines is 2. The van der Waals surface area contributed by atoms with E-state index in [9.17, 15) is 14.4 Å². The molecule has 0 atom stereocenters. The van der Waals surface area contributed by atoms with E-state index in [1.807, 2.05) is 31.2 Å². The maximum Gasteiger partial charge on any atom is 0.334 e.